The van der Waals surface area contributed by atoms with E-state index in [1.54, 1.807) is 20.8 Å². The van der Waals surface area contributed by atoms with Crippen molar-refractivity contribution in [1.29, 1.82) is 0 Å². The molecule has 2 aliphatic carbocycles. The molecule has 3 aromatic rings. The van der Waals surface area contributed by atoms with E-state index < -0.39 is 28.5 Å². The summed E-state index contributed by atoms with van der Waals surface area (Å²) >= 11 is 0. The van der Waals surface area contributed by atoms with Gasteiger partial charge in [0.1, 0.15) is 23.0 Å². The number of aryl methyl sites for hydroxylation is 1. The fourth-order valence-electron chi connectivity index (χ4n) is 4.70. The van der Waals surface area contributed by atoms with Crippen molar-refractivity contribution in [3.63, 3.8) is 0 Å². The molecule has 0 saturated carbocycles. The molecule has 0 unspecified atom stereocenters. The van der Waals surface area contributed by atoms with Crippen LogP contribution in [0.5, 0.6) is 23.0 Å². The van der Waals surface area contributed by atoms with Crippen LogP contribution >= 0.6 is 0 Å². The third kappa shape index (κ3) is 1.60. The fourth-order valence-corrected chi connectivity index (χ4v) is 4.70. The van der Waals surface area contributed by atoms with E-state index in [1.807, 2.05) is 0 Å². The topological polar surface area (TPSA) is 115 Å². The Morgan fingerprint density at radius 2 is 1.29 bits per heavy atom. The zero-order valence-electron chi connectivity index (χ0n) is 15.3. The summed E-state index contributed by atoms with van der Waals surface area (Å²) in [5.74, 6) is -2.32. The average Bonchev–Trinajstić information content (AvgIpc) is 2.58. The van der Waals surface area contributed by atoms with Crippen molar-refractivity contribution in [3.8, 4) is 34.1 Å². The Morgan fingerprint density at radius 3 is 1.96 bits per heavy atom. The van der Waals surface area contributed by atoms with Gasteiger partial charge in [0.2, 0.25) is 5.78 Å². The molecule has 0 saturated heterocycles. The molecule has 28 heavy (non-hydrogen) atoms. The van der Waals surface area contributed by atoms with Crippen molar-refractivity contribution in [3.05, 3.63) is 46.0 Å². The molecule has 6 heteroatoms. The Hall–Kier alpha value is -3.54. The molecule has 0 heterocycles. The molecule has 0 atom stereocenters. The van der Waals surface area contributed by atoms with Gasteiger partial charge in [-0.2, -0.15) is 0 Å². The normalized spacial score (nSPS) is 16.0. The lowest BCUT2D eigenvalue weighted by atomic mass is 9.64. The van der Waals surface area contributed by atoms with Gasteiger partial charge in [0, 0.05) is 22.4 Å². The number of carbonyl (C=O) groups is 2. The summed E-state index contributed by atoms with van der Waals surface area (Å²) in [6, 6.07) is 3.87. The van der Waals surface area contributed by atoms with Crippen LogP contribution in [0.25, 0.3) is 21.9 Å². The molecule has 0 spiro atoms. The van der Waals surface area contributed by atoms with Gasteiger partial charge in [0.15, 0.2) is 5.78 Å². The minimum Gasteiger partial charge on any atom is -0.507 e. The molecular formula is C22H16O6. The second-order valence-electron chi connectivity index (χ2n) is 7.98. The number of phenols is 4. The van der Waals surface area contributed by atoms with Gasteiger partial charge in [-0.25, -0.2) is 0 Å². The number of Topliss-reactive ketones (excluding diaryl/α,β-unsaturated/α-hetero) is 1. The van der Waals surface area contributed by atoms with Gasteiger partial charge >= 0.3 is 0 Å². The van der Waals surface area contributed by atoms with E-state index in [0.29, 0.717) is 27.5 Å². The van der Waals surface area contributed by atoms with Gasteiger partial charge in [0.05, 0.1) is 22.1 Å². The molecule has 0 amide bonds. The molecule has 0 radical (unpaired) electrons. The number of ketones is 2. The second kappa shape index (κ2) is 4.65. The number of hydrogen-bond acceptors (Lipinski definition) is 6. The van der Waals surface area contributed by atoms with E-state index in [9.17, 15) is 30.0 Å². The van der Waals surface area contributed by atoms with Crippen molar-refractivity contribution < 1.29 is 30.0 Å². The molecule has 6 nitrogen and oxygen atoms in total. The first-order chi connectivity index (χ1) is 13.1. The molecule has 0 fully saturated rings. The van der Waals surface area contributed by atoms with Gasteiger partial charge in [-0.05, 0) is 49.6 Å². The van der Waals surface area contributed by atoms with Crippen molar-refractivity contribution in [2.45, 2.75) is 26.2 Å². The highest BCUT2D eigenvalue weighted by Crippen LogP contribution is 2.57. The molecule has 5 rings (SSSR count). The molecule has 4 N–H and O–H groups in total. The third-order valence-electron chi connectivity index (χ3n) is 6.02. The molecular weight excluding hydrogens is 360 g/mol. The van der Waals surface area contributed by atoms with Crippen molar-refractivity contribution in [2.75, 3.05) is 0 Å². The maximum absolute atomic E-state index is 13.2. The van der Waals surface area contributed by atoms with Crippen LogP contribution in [0.4, 0.5) is 0 Å². The second-order valence-corrected chi connectivity index (χ2v) is 7.98. The molecule has 0 bridgehead atoms. The quantitative estimate of drug-likeness (QED) is 0.372. The lowest BCUT2D eigenvalue weighted by Gasteiger charge is -2.37. The lowest BCUT2D eigenvalue weighted by Crippen LogP contribution is -2.35. The fraction of sp³-hybridized carbons (Fsp3) is 0.182. The van der Waals surface area contributed by atoms with Gasteiger partial charge in [-0.3, -0.25) is 9.59 Å². The minimum absolute atomic E-state index is 0.0302. The summed E-state index contributed by atoms with van der Waals surface area (Å²) < 4.78 is 0. The number of benzene rings is 3. The third-order valence-corrected chi connectivity index (χ3v) is 6.02. The summed E-state index contributed by atoms with van der Waals surface area (Å²) in [6.45, 7) is 5.05. The predicted molar refractivity (Wildman–Crippen MR) is 102 cm³/mol. The number of aromatic hydroxyl groups is 4. The van der Waals surface area contributed by atoms with Gasteiger partial charge in [0.25, 0.3) is 0 Å². The maximum Gasteiger partial charge on any atom is 0.201 e. The zero-order valence-corrected chi connectivity index (χ0v) is 15.3. The highest BCUT2D eigenvalue weighted by Gasteiger charge is 2.47. The van der Waals surface area contributed by atoms with Crippen LogP contribution in [0.3, 0.4) is 0 Å². The highest BCUT2D eigenvalue weighted by molar-refractivity contribution is 6.33. The predicted octanol–water partition coefficient (Wildman–Crippen LogP) is 3.66. The largest absolute Gasteiger partial charge is 0.507 e. The van der Waals surface area contributed by atoms with E-state index in [1.165, 1.54) is 12.1 Å². The van der Waals surface area contributed by atoms with E-state index in [4.69, 9.17) is 0 Å². The molecule has 0 aliphatic heterocycles. The molecule has 0 aromatic heterocycles. The highest BCUT2D eigenvalue weighted by atomic mass is 16.3. The summed E-state index contributed by atoms with van der Waals surface area (Å²) in [6.07, 6.45) is 0. The van der Waals surface area contributed by atoms with Crippen molar-refractivity contribution in [2.24, 2.45) is 0 Å². The van der Waals surface area contributed by atoms with Crippen LogP contribution in [0.15, 0.2) is 18.2 Å². The summed E-state index contributed by atoms with van der Waals surface area (Å²) in [5, 5.41) is 42.8. The van der Waals surface area contributed by atoms with Crippen molar-refractivity contribution >= 4 is 22.3 Å². The number of carbonyl (C=O) groups excluding carboxylic acids is 2. The Morgan fingerprint density at radius 1 is 0.679 bits per heavy atom. The zero-order chi connectivity index (χ0) is 20.3. The van der Waals surface area contributed by atoms with Crippen LogP contribution in [-0.4, -0.2) is 32.0 Å². The maximum atomic E-state index is 13.2. The minimum atomic E-state index is -1.10. The van der Waals surface area contributed by atoms with Crippen molar-refractivity contribution in [1.82, 2.24) is 0 Å². The Labute approximate surface area is 159 Å². The summed E-state index contributed by atoms with van der Waals surface area (Å²) in [4.78, 5) is 26.4. The average molecular weight is 376 g/mol. The Kier molecular flexibility index (Phi) is 2.76. The first-order valence-corrected chi connectivity index (χ1v) is 8.78. The molecule has 2 aliphatic rings. The van der Waals surface area contributed by atoms with Crippen LogP contribution in [0, 0.1) is 6.92 Å². The van der Waals surface area contributed by atoms with E-state index in [2.05, 4.69) is 0 Å². The van der Waals surface area contributed by atoms with Gasteiger partial charge in [-0.1, -0.05) is 0 Å². The first kappa shape index (κ1) is 16.6. The smallest absolute Gasteiger partial charge is 0.201 e. The number of rotatable bonds is 0. The molecule has 3 aromatic carbocycles. The number of phenolic OH excluding ortho intramolecular Hbond substituents is 4. The van der Waals surface area contributed by atoms with Crippen LogP contribution in [0.1, 0.15) is 51.3 Å². The van der Waals surface area contributed by atoms with E-state index in [0.717, 1.165) is 6.07 Å². The van der Waals surface area contributed by atoms with Crippen LogP contribution in [-0.2, 0) is 5.41 Å². The monoisotopic (exact) mass is 376 g/mol. The van der Waals surface area contributed by atoms with Crippen LogP contribution in [0.2, 0.25) is 0 Å². The first-order valence-electron chi connectivity index (χ1n) is 8.78. The Bertz CT molecular complexity index is 1310. The standard InChI is InChI=1S/C22H16O6/c1-7-4-9(23)15-18-13(7)10(24)5-8-14(18)19-16(20(15)27)11(25)6-12(26)17(19)21(28)22(8,2)3/h4-6,23-26H,1-3H3. The SMILES string of the molecule is Cc1cc(O)c2c3c4c(cc(O)c13)C(C)(C)C(=O)c1c(O)cc(O)c(c1-4)C2=O. The Balaban J connectivity index is 2.20. The molecule has 140 valence electrons. The summed E-state index contributed by atoms with van der Waals surface area (Å²) in [5.41, 5.74) is 0.377. The lowest BCUT2D eigenvalue weighted by molar-refractivity contribution is 0.0904. The van der Waals surface area contributed by atoms with E-state index >= 15 is 0 Å². The number of hydrogen-bond donors (Lipinski definition) is 4. The van der Waals surface area contributed by atoms with Gasteiger partial charge < -0.3 is 20.4 Å². The van der Waals surface area contributed by atoms with Crippen LogP contribution < -0.4 is 0 Å². The van der Waals surface area contributed by atoms with Gasteiger partial charge in [-0.15, -0.1) is 0 Å². The van der Waals surface area contributed by atoms with E-state index in [-0.39, 0.29) is 33.8 Å². The summed E-state index contributed by atoms with van der Waals surface area (Å²) in [7, 11) is 0.